The summed E-state index contributed by atoms with van der Waals surface area (Å²) in [6, 6.07) is 7.83. The fourth-order valence-electron chi connectivity index (χ4n) is 2.60. The van der Waals surface area contributed by atoms with Gasteiger partial charge in [0.25, 0.3) is 5.91 Å². The summed E-state index contributed by atoms with van der Waals surface area (Å²) in [6.07, 6.45) is 2.43. The van der Waals surface area contributed by atoms with Crippen LogP contribution < -0.4 is 5.32 Å². The largest absolute Gasteiger partial charge is 0.451 e. The number of fused-ring (bicyclic) bond motifs is 1. The summed E-state index contributed by atoms with van der Waals surface area (Å²) < 4.78 is 6.88. The summed E-state index contributed by atoms with van der Waals surface area (Å²) in [6.45, 7) is 2.73. The fourth-order valence-corrected chi connectivity index (χ4v) is 4.47. The number of thioether (sulfide) groups is 1. The van der Waals surface area contributed by atoms with Gasteiger partial charge in [0.1, 0.15) is 9.92 Å². The van der Waals surface area contributed by atoms with Gasteiger partial charge in [0.05, 0.1) is 0 Å². The molecule has 0 saturated heterocycles. The summed E-state index contributed by atoms with van der Waals surface area (Å²) in [5.74, 6) is 1.66. The minimum absolute atomic E-state index is 0.107. The van der Waals surface area contributed by atoms with Crippen LogP contribution in [0.1, 0.15) is 34.7 Å². The van der Waals surface area contributed by atoms with Crippen LogP contribution in [0.15, 0.2) is 38.4 Å². The molecule has 124 valence electrons. The zero-order chi connectivity index (χ0) is 16.5. The highest BCUT2D eigenvalue weighted by Crippen LogP contribution is 2.33. The Morgan fingerprint density at radius 2 is 2.25 bits per heavy atom. The molecule has 1 aromatic carbocycles. The maximum Gasteiger partial charge on any atom is 0.287 e. The molecule has 0 aliphatic heterocycles. The maximum absolute atomic E-state index is 12.6. The van der Waals surface area contributed by atoms with Crippen LogP contribution in [0.5, 0.6) is 0 Å². The number of para-hydroxylation sites is 1. The third-order valence-corrected chi connectivity index (χ3v) is 6.26. The first kappa shape index (κ1) is 15.7. The maximum atomic E-state index is 12.6. The lowest BCUT2D eigenvalue weighted by molar-refractivity contribution is 0.0925. The summed E-state index contributed by atoms with van der Waals surface area (Å²) >= 11 is 3.28. The number of nitrogens with zero attached hydrogens (tertiary/aromatic N) is 1. The Bertz CT molecular complexity index is 880. The minimum Gasteiger partial charge on any atom is -0.451 e. The summed E-state index contributed by atoms with van der Waals surface area (Å²) in [4.78, 5) is 17.0. The van der Waals surface area contributed by atoms with Crippen molar-refractivity contribution in [3.05, 3.63) is 46.7 Å². The number of furan rings is 1. The third kappa shape index (κ3) is 3.35. The van der Waals surface area contributed by atoms with Crippen molar-refractivity contribution in [3.63, 3.8) is 0 Å². The Labute approximate surface area is 148 Å². The van der Waals surface area contributed by atoms with E-state index in [4.69, 9.17) is 4.42 Å². The number of aryl methyl sites for hydroxylation is 1. The zero-order valence-electron chi connectivity index (χ0n) is 13.4. The lowest BCUT2D eigenvalue weighted by Crippen LogP contribution is -2.25. The van der Waals surface area contributed by atoms with Crippen LogP contribution in [0, 0.1) is 12.8 Å². The fraction of sp³-hybridized carbons (Fsp3) is 0.333. The number of hydrogen-bond acceptors (Lipinski definition) is 5. The molecule has 0 atom stereocenters. The molecule has 2 heterocycles. The number of thiazole rings is 1. The molecule has 1 aliphatic rings. The molecule has 1 aliphatic carbocycles. The second-order valence-electron chi connectivity index (χ2n) is 6.10. The number of carbonyl (C=O) groups excluding carboxylic acids is 1. The lowest BCUT2D eigenvalue weighted by atomic mass is 10.1. The lowest BCUT2D eigenvalue weighted by Gasteiger charge is -2.04. The summed E-state index contributed by atoms with van der Waals surface area (Å²) in [7, 11) is 0. The Kier molecular flexibility index (Phi) is 4.33. The van der Waals surface area contributed by atoms with E-state index in [9.17, 15) is 4.79 Å². The highest BCUT2D eigenvalue weighted by Gasteiger charge is 2.25. The predicted octanol–water partition coefficient (Wildman–Crippen LogP) is 4.63. The zero-order valence-corrected chi connectivity index (χ0v) is 15.0. The van der Waals surface area contributed by atoms with Crippen molar-refractivity contribution >= 4 is 40.0 Å². The number of hydrogen-bond donors (Lipinski definition) is 1. The van der Waals surface area contributed by atoms with E-state index < -0.39 is 0 Å². The van der Waals surface area contributed by atoms with Crippen LogP contribution in [0.3, 0.4) is 0 Å². The number of aromatic nitrogens is 1. The van der Waals surface area contributed by atoms with E-state index in [1.54, 1.807) is 23.1 Å². The molecular weight excluding hydrogens is 340 g/mol. The van der Waals surface area contributed by atoms with Gasteiger partial charge in [-0.05, 0) is 31.7 Å². The molecule has 0 radical (unpaired) electrons. The molecular formula is C18H18N2O2S2. The van der Waals surface area contributed by atoms with Crippen molar-refractivity contribution in [1.82, 2.24) is 10.3 Å². The standard InChI is InChI=1S/C18H18N2O2S2/c1-11-9-23-18(20-11)24-10-14-13-4-2-3-5-15(13)22-16(14)17(21)19-8-12-6-7-12/h2-5,9,12H,6-8,10H2,1H3,(H,19,21). The van der Waals surface area contributed by atoms with Crippen molar-refractivity contribution < 1.29 is 9.21 Å². The second kappa shape index (κ2) is 6.61. The van der Waals surface area contributed by atoms with Crippen molar-refractivity contribution in [2.45, 2.75) is 29.9 Å². The van der Waals surface area contributed by atoms with Crippen LogP contribution in [0.4, 0.5) is 0 Å². The number of amides is 1. The molecule has 4 rings (SSSR count). The number of carbonyl (C=O) groups is 1. The van der Waals surface area contributed by atoms with Gasteiger partial charge in [-0.1, -0.05) is 30.0 Å². The van der Waals surface area contributed by atoms with Gasteiger partial charge in [-0.3, -0.25) is 4.79 Å². The molecule has 0 spiro atoms. The van der Waals surface area contributed by atoms with Gasteiger partial charge in [-0.2, -0.15) is 0 Å². The SMILES string of the molecule is Cc1csc(SCc2c(C(=O)NCC3CC3)oc3ccccc23)n1. The van der Waals surface area contributed by atoms with Gasteiger partial charge in [0.15, 0.2) is 5.76 Å². The normalized spacial score (nSPS) is 14.2. The summed E-state index contributed by atoms with van der Waals surface area (Å²) in [5.41, 5.74) is 2.75. The molecule has 1 fully saturated rings. The molecule has 1 amide bonds. The molecule has 6 heteroatoms. The van der Waals surface area contributed by atoms with Gasteiger partial charge in [-0.15, -0.1) is 11.3 Å². The van der Waals surface area contributed by atoms with Gasteiger partial charge >= 0.3 is 0 Å². The van der Waals surface area contributed by atoms with Crippen molar-refractivity contribution in [2.24, 2.45) is 5.92 Å². The second-order valence-corrected chi connectivity index (χ2v) is 8.18. The number of rotatable bonds is 6. The third-order valence-electron chi connectivity index (χ3n) is 4.09. The molecule has 4 nitrogen and oxygen atoms in total. The van der Waals surface area contributed by atoms with E-state index in [1.165, 1.54) is 12.8 Å². The van der Waals surface area contributed by atoms with Gasteiger partial charge in [0, 0.05) is 34.3 Å². The minimum atomic E-state index is -0.107. The Morgan fingerprint density at radius 1 is 1.42 bits per heavy atom. The van der Waals surface area contributed by atoms with Crippen molar-refractivity contribution in [3.8, 4) is 0 Å². The van der Waals surface area contributed by atoms with E-state index in [0.717, 1.165) is 33.1 Å². The van der Waals surface area contributed by atoms with Crippen LogP contribution in [0.2, 0.25) is 0 Å². The average molecular weight is 358 g/mol. The van der Waals surface area contributed by atoms with Crippen molar-refractivity contribution in [1.29, 1.82) is 0 Å². The van der Waals surface area contributed by atoms with E-state index in [0.29, 0.717) is 17.4 Å². The Morgan fingerprint density at radius 3 is 3.00 bits per heavy atom. The first-order valence-electron chi connectivity index (χ1n) is 8.04. The first-order chi connectivity index (χ1) is 11.7. The summed E-state index contributed by atoms with van der Waals surface area (Å²) in [5, 5.41) is 6.06. The Hall–Kier alpha value is -1.79. The van der Waals surface area contributed by atoms with Crippen molar-refractivity contribution in [2.75, 3.05) is 6.54 Å². The molecule has 24 heavy (non-hydrogen) atoms. The van der Waals surface area contributed by atoms with Crippen LogP contribution in [-0.2, 0) is 5.75 Å². The molecule has 0 unspecified atom stereocenters. The topological polar surface area (TPSA) is 55.1 Å². The number of benzene rings is 1. The highest BCUT2D eigenvalue weighted by molar-refractivity contribution is 8.00. The quantitative estimate of drug-likeness (QED) is 0.653. The molecule has 1 saturated carbocycles. The Balaban J connectivity index is 1.60. The molecule has 0 bridgehead atoms. The van der Waals surface area contributed by atoms with Crippen LogP contribution in [-0.4, -0.2) is 17.4 Å². The van der Waals surface area contributed by atoms with E-state index >= 15 is 0 Å². The van der Waals surface area contributed by atoms with Gasteiger partial charge in [0.2, 0.25) is 0 Å². The predicted molar refractivity (Wildman–Crippen MR) is 97.7 cm³/mol. The number of nitrogens with one attached hydrogen (secondary N) is 1. The van der Waals surface area contributed by atoms with Gasteiger partial charge in [-0.25, -0.2) is 4.98 Å². The first-order valence-corrected chi connectivity index (χ1v) is 9.91. The average Bonchev–Trinajstić information content (AvgIpc) is 3.21. The van der Waals surface area contributed by atoms with E-state index in [2.05, 4.69) is 10.3 Å². The van der Waals surface area contributed by atoms with Crippen LogP contribution >= 0.6 is 23.1 Å². The molecule has 3 aromatic rings. The van der Waals surface area contributed by atoms with Crippen LogP contribution in [0.25, 0.3) is 11.0 Å². The van der Waals surface area contributed by atoms with E-state index in [1.807, 2.05) is 36.6 Å². The monoisotopic (exact) mass is 358 g/mol. The molecule has 2 aromatic heterocycles. The van der Waals surface area contributed by atoms with Gasteiger partial charge < -0.3 is 9.73 Å². The molecule has 1 N–H and O–H groups in total. The highest BCUT2D eigenvalue weighted by atomic mass is 32.2. The van der Waals surface area contributed by atoms with E-state index in [-0.39, 0.29) is 5.91 Å². The smallest absolute Gasteiger partial charge is 0.287 e.